The van der Waals surface area contributed by atoms with Gasteiger partial charge in [0.05, 0.1) is 22.6 Å². The number of allylic oxidation sites excluding steroid dienone is 2. The molecule has 0 atom stereocenters. The van der Waals surface area contributed by atoms with Crippen LogP contribution in [-0.2, 0) is 0 Å². The number of fused-ring (bicyclic) bond motifs is 1. The molecule has 3 N–H and O–H groups in total. The summed E-state index contributed by atoms with van der Waals surface area (Å²) in [4.78, 5) is 12.7. The lowest BCUT2D eigenvalue weighted by atomic mass is 10.00. The largest absolute Gasteiger partial charge is 0.438 e. The fourth-order valence-electron chi connectivity index (χ4n) is 4.61. The number of nitrogens with two attached hydrogens (primary N) is 1. The molecule has 6 rings (SSSR count). The van der Waals surface area contributed by atoms with Crippen molar-refractivity contribution < 1.29 is 4.74 Å². The molecule has 1 aliphatic heterocycles. The monoisotopic (exact) mass is 460 g/mol. The zero-order valence-electron chi connectivity index (χ0n) is 19.1. The van der Waals surface area contributed by atoms with Crippen molar-refractivity contribution in [1.82, 2.24) is 20.4 Å². The lowest BCUT2D eigenvalue weighted by Gasteiger charge is -2.33. The van der Waals surface area contributed by atoms with Gasteiger partial charge in [0.2, 0.25) is 11.8 Å². The van der Waals surface area contributed by atoms with Crippen LogP contribution in [0.15, 0.2) is 103 Å². The van der Waals surface area contributed by atoms with Crippen molar-refractivity contribution in [2.75, 3.05) is 10.7 Å². The second kappa shape index (κ2) is 8.95. The number of ether oxygens (including phenoxy) is 1. The highest BCUT2D eigenvalue weighted by Gasteiger charge is 2.27. The van der Waals surface area contributed by atoms with E-state index in [-0.39, 0.29) is 5.95 Å². The highest BCUT2D eigenvalue weighted by molar-refractivity contribution is 5.85. The van der Waals surface area contributed by atoms with Gasteiger partial charge in [-0.3, -0.25) is 5.01 Å². The normalized spacial score (nSPS) is 14.9. The van der Waals surface area contributed by atoms with Gasteiger partial charge in [-0.05, 0) is 72.9 Å². The molecule has 1 aliphatic carbocycles. The summed E-state index contributed by atoms with van der Waals surface area (Å²) in [7, 11) is 0. The fourth-order valence-corrected chi connectivity index (χ4v) is 4.61. The van der Waals surface area contributed by atoms with E-state index in [1.54, 1.807) is 18.5 Å². The minimum atomic E-state index is 0.207. The standard InChI is InChI=1S/C28H24N6O/c29-28-31-17-15-25(33-28)24-10-5-16-30-27(24)35-22-13-11-21(12-14-22)34-26(19-6-2-1-3-7-19)23-9-4-8-20(23)18-32-34/h1-3,5-7,10-18,32H,4,8-9H2,(H2,29,31,33). The van der Waals surface area contributed by atoms with Crippen molar-refractivity contribution in [2.24, 2.45) is 0 Å². The number of rotatable bonds is 5. The lowest BCUT2D eigenvalue weighted by Crippen LogP contribution is -2.36. The molecule has 0 spiro atoms. The Labute approximate surface area is 203 Å². The summed E-state index contributed by atoms with van der Waals surface area (Å²) in [6.45, 7) is 0. The zero-order chi connectivity index (χ0) is 23.6. The van der Waals surface area contributed by atoms with Gasteiger partial charge in [0.15, 0.2) is 0 Å². The van der Waals surface area contributed by atoms with Crippen LogP contribution >= 0.6 is 0 Å². The van der Waals surface area contributed by atoms with Gasteiger partial charge in [0.1, 0.15) is 5.75 Å². The van der Waals surface area contributed by atoms with E-state index in [1.165, 1.54) is 28.8 Å². The van der Waals surface area contributed by atoms with Crippen LogP contribution in [0.5, 0.6) is 11.6 Å². The maximum atomic E-state index is 6.15. The van der Waals surface area contributed by atoms with Gasteiger partial charge in [0.25, 0.3) is 0 Å². The summed E-state index contributed by atoms with van der Waals surface area (Å²) in [5, 5.41) is 2.15. The number of nitrogens with one attached hydrogen (secondary N) is 1. The van der Waals surface area contributed by atoms with Crippen LogP contribution in [0.2, 0.25) is 0 Å². The molecule has 2 aliphatic rings. The molecule has 0 amide bonds. The van der Waals surface area contributed by atoms with E-state index < -0.39 is 0 Å². The number of hydrogen-bond donors (Lipinski definition) is 2. The molecule has 35 heavy (non-hydrogen) atoms. The third kappa shape index (κ3) is 4.08. The molecule has 3 heterocycles. The molecule has 172 valence electrons. The third-order valence-corrected chi connectivity index (χ3v) is 6.22. The first-order valence-electron chi connectivity index (χ1n) is 11.6. The Morgan fingerprint density at radius 2 is 1.71 bits per heavy atom. The summed E-state index contributed by atoms with van der Waals surface area (Å²) in [6.07, 6.45) is 8.84. The molecular formula is C28H24N6O. The predicted octanol–water partition coefficient (Wildman–Crippen LogP) is 5.72. The van der Waals surface area contributed by atoms with Gasteiger partial charge in [-0.25, -0.2) is 15.0 Å². The van der Waals surface area contributed by atoms with Crippen molar-refractivity contribution in [3.8, 4) is 22.9 Å². The van der Waals surface area contributed by atoms with Crippen LogP contribution < -0.4 is 20.9 Å². The molecule has 7 nitrogen and oxygen atoms in total. The van der Waals surface area contributed by atoms with Gasteiger partial charge < -0.3 is 15.9 Å². The number of anilines is 2. The molecule has 2 aromatic heterocycles. The zero-order valence-corrected chi connectivity index (χ0v) is 19.1. The van der Waals surface area contributed by atoms with E-state index >= 15 is 0 Å². The van der Waals surface area contributed by atoms with Crippen molar-refractivity contribution >= 4 is 17.3 Å². The van der Waals surface area contributed by atoms with Crippen LogP contribution in [0.4, 0.5) is 11.6 Å². The van der Waals surface area contributed by atoms with Crippen LogP contribution in [0.25, 0.3) is 17.0 Å². The summed E-state index contributed by atoms with van der Waals surface area (Å²) < 4.78 is 6.15. The molecule has 2 aromatic carbocycles. The third-order valence-electron chi connectivity index (χ3n) is 6.22. The Morgan fingerprint density at radius 3 is 2.54 bits per heavy atom. The van der Waals surface area contributed by atoms with Crippen LogP contribution in [0.1, 0.15) is 24.8 Å². The molecule has 0 saturated heterocycles. The van der Waals surface area contributed by atoms with Crippen molar-refractivity contribution in [2.45, 2.75) is 19.3 Å². The molecule has 0 bridgehead atoms. The number of benzene rings is 2. The molecule has 1 fully saturated rings. The molecule has 4 aromatic rings. The second-order valence-electron chi connectivity index (χ2n) is 8.43. The predicted molar refractivity (Wildman–Crippen MR) is 137 cm³/mol. The number of pyridine rings is 1. The molecule has 0 radical (unpaired) electrons. The average Bonchev–Trinajstić information content (AvgIpc) is 3.38. The van der Waals surface area contributed by atoms with E-state index in [0.717, 1.165) is 24.1 Å². The second-order valence-corrected chi connectivity index (χ2v) is 8.43. The Hall–Kier alpha value is -4.65. The molecule has 7 heteroatoms. The van der Waals surface area contributed by atoms with E-state index in [0.29, 0.717) is 17.3 Å². The molecular weight excluding hydrogens is 436 g/mol. The minimum Gasteiger partial charge on any atom is -0.438 e. The van der Waals surface area contributed by atoms with Crippen molar-refractivity contribution in [1.29, 1.82) is 0 Å². The quantitative estimate of drug-likeness (QED) is 0.394. The van der Waals surface area contributed by atoms with Gasteiger partial charge in [-0.15, -0.1) is 0 Å². The average molecular weight is 461 g/mol. The molecule has 1 saturated carbocycles. The van der Waals surface area contributed by atoms with E-state index in [9.17, 15) is 0 Å². The Bertz CT molecular complexity index is 1430. The maximum Gasteiger partial charge on any atom is 0.228 e. The Balaban J connectivity index is 1.30. The summed E-state index contributed by atoms with van der Waals surface area (Å²) in [5.74, 6) is 1.34. The maximum absolute atomic E-state index is 6.15. The van der Waals surface area contributed by atoms with E-state index in [1.807, 2.05) is 36.4 Å². The number of aromatic nitrogens is 3. The summed E-state index contributed by atoms with van der Waals surface area (Å²) in [5.41, 5.74) is 16.9. The first kappa shape index (κ1) is 20.9. The Kier molecular flexibility index (Phi) is 5.35. The lowest BCUT2D eigenvalue weighted by molar-refractivity contribution is 0.465. The van der Waals surface area contributed by atoms with Crippen LogP contribution in [0, 0.1) is 0 Å². The van der Waals surface area contributed by atoms with E-state index in [4.69, 9.17) is 10.5 Å². The summed E-state index contributed by atoms with van der Waals surface area (Å²) in [6, 6.07) is 24.1. The van der Waals surface area contributed by atoms with E-state index in [2.05, 4.69) is 61.9 Å². The first-order chi connectivity index (χ1) is 17.3. The van der Waals surface area contributed by atoms with Crippen LogP contribution in [0.3, 0.4) is 0 Å². The summed E-state index contributed by atoms with van der Waals surface area (Å²) >= 11 is 0. The fraction of sp³-hybridized carbons (Fsp3) is 0.107. The topological polar surface area (TPSA) is 89.2 Å². The SMILES string of the molecule is Nc1nccc(-c2cccnc2Oc2ccc(N3NC=C4CCCC4=C3c3ccccc3)cc2)n1. The minimum absolute atomic E-state index is 0.207. The number of hydrogen-bond acceptors (Lipinski definition) is 7. The number of hydrazine groups is 1. The van der Waals surface area contributed by atoms with Gasteiger partial charge >= 0.3 is 0 Å². The Morgan fingerprint density at radius 1 is 0.857 bits per heavy atom. The van der Waals surface area contributed by atoms with Crippen LogP contribution in [-0.4, -0.2) is 15.0 Å². The number of nitrogens with zero attached hydrogens (tertiary/aromatic N) is 4. The first-order valence-corrected chi connectivity index (χ1v) is 11.6. The highest BCUT2D eigenvalue weighted by atomic mass is 16.5. The van der Waals surface area contributed by atoms with Gasteiger partial charge in [0, 0.05) is 24.2 Å². The van der Waals surface area contributed by atoms with Crippen molar-refractivity contribution in [3.63, 3.8) is 0 Å². The van der Waals surface area contributed by atoms with Crippen molar-refractivity contribution in [3.05, 3.63) is 108 Å². The van der Waals surface area contributed by atoms with Gasteiger partial charge in [-0.1, -0.05) is 30.3 Å². The van der Waals surface area contributed by atoms with Gasteiger partial charge in [-0.2, -0.15) is 0 Å². The number of nitrogen functional groups attached to an aromatic ring is 1. The smallest absolute Gasteiger partial charge is 0.228 e. The highest BCUT2D eigenvalue weighted by Crippen LogP contribution is 2.41. The molecule has 0 unspecified atom stereocenters.